The third-order valence-electron chi connectivity index (χ3n) is 2.78. The van der Waals surface area contributed by atoms with Gasteiger partial charge < -0.3 is 14.2 Å². The summed E-state index contributed by atoms with van der Waals surface area (Å²) in [5.41, 5.74) is 0.867. The lowest BCUT2D eigenvalue weighted by Gasteiger charge is -2.13. The molecule has 106 valence electrons. The Labute approximate surface area is 121 Å². The Morgan fingerprint density at radius 2 is 1.70 bits per heavy atom. The summed E-state index contributed by atoms with van der Waals surface area (Å²) in [6, 6.07) is 3.25. The fraction of sp³-hybridized carbons (Fsp3) is 0.286. The maximum Gasteiger partial charge on any atom is 0.212 e. The fourth-order valence-corrected chi connectivity index (χ4v) is 2.42. The van der Waals surface area contributed by atoms with E-state index in [0.717, 1.165) is 5.01 Å². The van der Waals surface area contributed by atoms with E-state index in [9.17, 15) is 4.79 Å². The molecule has 1 aromatic heterocycles. The van der Waals surface area contributed by atoms with Crippen molar-refractivity contribution in [2.24, 2.45) is 0 Å². The molecule has 0 saturated heterocycles. The minimum atomic E-state index is -0.173. The molecule has 1 aromatic carbocycles. The van der Waals surface area contributed by atoms with Crippen LogP contribution in [0.1, 0.15) is 21.1 Å². The van der Waals surface area contributed by atoms with Gasteiger partial charge in [-0.15, -0.1) is 11.3 Å². The van der Waals surface area contributed by atoms with Crippen molar-refractivity contribution in [1.29, 1.82) is 0 Å². The number of nitrogens with zero attached hydrogens (tertiary/aromatic N) is 1. The second-order valence-corrected chi connectivity index (χ2v) is 5.06. The van der Waals surface area contributed by atoms with Gasteiger partial charge in [-0.2, -0.15) is 0 Å². The number of hydrogen-bond donors (Lipinski definition) is 0. The van der Waals surface area contributed by atoms with Crippen molar-refractivity contribution in [3.05, 3.63) is 33.8 Å². The third kappa shape index (κ3) is 2.60. The molecule has 0 saturated carbocycles. The predicted octanol–water partition coefficient (Wildman–Crippen LogP) is 2.71. The number of aromatic nitrogens is 1. The molecule has 0 atom stereocenters. The largest absolute Gasteiger partial charge is 0.493 e. The molecular formula is C14H15NO4S. The molecule has 1 heterocycles. The van der Waals surface area contributed by atoms with E-state index < -0.39 is 0 Å². The van der Waals surface area contributed by atoms with E-state index in [4.69, 9.17) is 14.2 Å². The van der Waals surface area contributed by atoms with Crippen LogP contribution in [0.4, 0.5) is 0 Å². The molecule has 6 heteroatoms. The molecule has 0 spiro atoms. The van der Waals surface area contributed by atoms with Gasteiger partial charge in [0.1, 0.15) is 5.69 Å². The Morgan fingerprint density at radius 3 is 2.10 bits per heavy atom. The number of methoxy groups -OCH3 is 3. The quantitative estimate of drug-likeness (QED) is 0.793. The van der Waals surface area contributed by atoms with E-state index in [1.807, 2.05) is 6.92 Å². The molecule has 5 nitrogen and oxygen atoms in total. The van der Waals surface area contributed by atoms with Gasteiger partial charge in [-0.1, -0.05) is 0 Å². The van der Waals surface area contributed by atoms with Crippen LogP contribution in [0.2, 0.25) is 0 Å². The van der Waals surface area contributed by atoms with Crippen molar-refractivity contribution in [3.8, 4) is 17.2 Å². The van der Waals surface area contributed by atoms with Crippen molar-refractivity contribution in [1.82, 2.24) is 4.98 Å². The number of ketones is 1. The van der Waals surface area contributed by atoms with Gasteiger partial charge in [0.25, 0.3) is 0 Å². The molecule has 0 bridgehead atoms. The first-order valence-corrected chi connectivity index (χ1v) is 6.75. The second-order valence-electron chi connectivity index (χ2n) is 3.99. The zero-order valence-corrected chi connectivity index (χ0v) is 12.5. The molecule has 0 radical (unpaired) electrons. The van der Waals surface area contributed by atoms with Gasteiger partial charge in [0.2, 0.25) is 11.5 Å². The molecule has 2 aromatic rings. The molecule has 0 aliphatic heterocycles. The topological polar surface area (TPSA) is 57.7 Å². The van der Waals surface area contributed by atoms with Gasteiger partial charge in [0, 0.05) is 10.9 Å². The number of ether oxygens (including phenoxy) is 3. The molecular weight excluding hydrogens is 278 g/mol. The van der Waals surface area contributed by atoms with E-state index in [0.29, 0.717) is 28.5 Å². The summed E-state index contributed by atoms with van der Waals surface area (Å²) in [6.45, 7) is 1.86. The maximum atomic E-state index is 12.4. The molecule has 20 heavy (non-hydrogen) atoms. The zero-order chi connectivity index (χ0) is 14.7. The number of thiazole rings is 1. The van der Waals surface area contributed by atoms with Crippen LogP contribution in [0.5, 0.6) is 17.2 Å². The van der Waals surface area contributed by atoms with E-state index in [2.05, 4.69) is 4.98 Å². The van der Waals surface area contributed by atoms with Gasteiger partial charge in [-0.25, -0.2) is 4.98 Å². The lowest BCUT2D eigenvalue weighted by atomic mass is 10.1. The summed E-state index contributed by atoms with van der Waals surface area (Å²) in [6.07, 6.45) is 0. The molecule has 0 N–H and O–H groups in total. The zero-order valence-electron chi connectivity index (χ0n) is 11.7. The van der Waals surface area contributed by atoms with Gasteiger partial charge >= 0.3 is 0 Å². The van der Waals surface area contributed by atoms with Crippen LogP contribution in [-0.2, 0) is 0 Å². The number of carbonyl (C=O) groups excluding carboxylic acids is 1. The van der Waals surface area contributed by atoms with Crippen molar-refractivity contribution in [2.45, 2.75) is 6.92 Å². The number of aryl methyl sites for hydroxylation is 1. The Balaban J connectivity index is 2.49. The average molecular weight is 293 g/mol. The van der Waals surface area contributed by atoms with Crippen LogP contribution in [0.3, 0.4) is 0 Å². The summed E-state index contributed by atoms with van der Waals surface area (Å²) < 4.78 is 15.7. The monoisotopic (exact) mass is 293 g/mol. The fourth-order valence-electron chi connectivity index (χ4n) is 1.83. The smallest absolute Gasteiger partial charge is 0.212 e. The number of rotatable bonds is 5. The maximum absolute atomic E-state index is 12.4. The van der Waals surface area contributed by atoms with E-state index in [1.54, 1.807) is 17.5 Å². The standard InChI is InChI=1S/C14H15NO4S/c1-8-15-10(7-20-8)13(16)9-5-11(17-2)14(19-4)12(6-9)18-3/h5-7H,1-4H3. The van der Waals surface area contributed by atoms with Crippen LogP contribution in [-0.4, -0.2) is 32.1 Å². The lowest BCUT2D eigenvalue weighted by Crippen LogP contribution is -2.04. The van der Waals surface area contributed by atoms with Crippen molar-refractivity contribution < 1.29 is 19.0 Å². The van der Waals surface area contributed by atoms with E-state index in [1.165, 1.54) is 32.7 Å². The SMILES string of the molecule is COc1cc(C(=O)c2csc(C)n2)cc(OC)c1OC. The highest BCUT2D eigenvalue weighted by atomic mass is 32.1. The molecule has 0 fully saturated rings. The third-order valence-corrected chi connectivity index (χ3v) is 3.55. The Kier molecular flexibility index (Phi) is 4.24. The van der Waals surface area contributed by atoms with Crippen molar-refractivity contribution >= 4 is 17.1 Å². The van der Waals surface area contributed by atoms with Crippen LogP contribution in [0.25, 0.3) is 0 Å². The Hall–Kier alpha value is -2.08. The summed E-state index contributed by atoms with van der Waals surface area (Å²) in [7, 11) is 4.54. The van der Waals surface area contributed by atoms with Gasteiger partial charge in [0.05, 0.1) is 26.3 Å². The first-order chi connectivity index (χ1) is 9.60. The summed E-state index contributed by atoms with van der Waals surface area (Å²) >= 11 is 1.44. The van der Waals surface area contributed by atoms with Gasteiger partial charge in [-0.3, -0.25) is 4.79 Å². The highest BCUT2D eigenvalue weighted by molar-refractivity contribution is 7.09. The second kappa shape index (κ2) is 5.92. The van der Waals surface area contributed by atoms with Crippen molar-refractivity contribution in [2.75, 3.05) is 21.3 Å². The minimum Gasteiger partial charge on any atom is -0.493 e. The first-order valence-electron chi connectivity index (χ1n) is 5.87. The number of benzene rings is 1. The van der Waals surface area contributed by atoms with Crippen LogP contribution >= 0.6 is 11.3 Å². The molecule has 0 aliphatic rings. The van der Waals surface area contributed by atoms with E-state index in [-0.39, 0.29) is 5.78 Å². The summed E-state index contributed by atoms with van der Waals surface area (Å²) in [4.78, 5) is 16.6. The highest BCUT2D eigenvalue weighted by Gasteiger charge is 2.19. The summed E-state index contributed by atoms with van der Waals surface area (Å²) in [5.74, 6) is 1.18. The van der Waals surface area contributed by atoms with Gasteiger partial charge in [-0.05, 0) is 19.1 Å². The number of carbonyl (C=O) groups is 1. The first kappa shape index (κ1) is 14.3. The van der Waals surface area contributed by atoms with Crippen LogP contribution in [0, 0.1) is 6.92 Å². The molecule has 0 amide bonds. The van der Waals surface area contributed by atoms with Crippen molar-refractivity contribution in [3.63, 3.8) is 0 Å². The molecule has 0 unspecified atom stereocenters. The van der Waals surface area contributed by atoms with Gasteiger partial charge in [0.15, 0.2) is 11.5 Å². The van der Waals surface area contributed by atoms with Crippen LogP contribution in [0.15, 0.2) is 17.5 Å². The molecule has 0 aliphatic carbocycles. The van der Waals surface area contributed by atoms with Crippen LogP contribution < -0.4 is 14.2 Å². The average Bonchev–Trinajstić information content (AvgIpc) is 2.91. The number of hydrogen-bond acceptors (Lipinski definition) is 6. The lowest BCUT2D eigenvalue weighted by molar-refractivity contribution is 0.103. The summed E-state index contributed by atoms with van der Waals surface area (Å²) in [5, 5.41) is 2.58. The predicted molar refractivity (Wildman–Crippen MR) is 76.4 cm³/mol. The Bertz CT molecular complexity index is 611. The van der Waals surface area contributed by atoms with E-state index >= 15 is 0 Å². The Morgan fingerprint density at radius 1 is 1.10 bits per heavy atom. The normalized spacial score (nSPS) is 10.2. The minimum absolute atomic E-state index is 0.173. The highest BCUT2D eigenvalue weighted by Crippen LogP contribution is 2.38. The molecule has 2 rings (SSSR count).